The molecule has 14 heavy (non-hydrogen) atoms. The van der Waals surface area contributed by atoms with Gasteiger partial charge in [0, 0.05) is 6.07 Å². The highest BCUT2D eigenvalue weighted by Gasteiger charge is 2.13. The molecule has 0 radical (unpaired) electrons. The van der Waals surface area contributed by atoms with Gasteiger partial charge in [-0.25, -0.2) is 0 Å². The number of nitrogens with zero attached hydrogens (tertiary/aromatic N) is 1. The van der Waals surface area contributed by atoms with Crippen LogP contribution in [-0.2, 0) is 0 Å². The molecule has 0 heterocycles. The van der Waals surface area contributed by atoms with Crippen LogP contribution in [0.5, 0.6) is 0 Å². The molecule has 0 aliphatic carbocycles. The smallest absolute Gasteiger partial charge is 0.280 e. The lowest BCUT2D eigenvalue weighted by molar-refractivity contribution is -0.385. The van der Waals surface area contributed by atoms with Crippen LogP contribution in [0.4, 0.5) is 5.69 Å². The monoisotopic (exact) mass is 191 g/mol. The van der Waals surface area contributed by atoms with Crippen molar-refractivity contribution in [3.05, 3.63) is 46.0 Å². The van der Waals surface area contributed by atoms with Crippen LogP contribution in [0, 0.1) is 10.1 Å². The molecule has 0 fully saturated rings. The van der Waals surface area contributed by atoms with Gasteiger partial charge in [0.05, 0.1) is 10.5 Å². The minimum atomic E-state index is -0.573. The second kappa shape index (κ2) is 3.83. The first-order chi connectivity index (χ1) is 6.56. The summed E-state index contributed by atoms with van der Waals surface area (Å²) >= 11 is 0. The molecule has 0 saturated carbocycles. The number of allylic oxidation sites excluding steroid dienone is 1. The molecule has 0 saturated heterocycles. The Kier molecular flexibility index (Phi) is 2.76. The third-order valence-corrected chi connectivity index (χ3v) is 1.85. The van der Waals surface area contributed by atoms with Gasteiger partial charge < -0.3 is 0 Å². The van der Waals surface area contributed by atoms with Crippen molar-refractivity contribution in [3.8, 4) is 0 Å². The number of carbonyl (C=O) groups excluding carboxylic acids is 1. The molecule has 0 aliphatic heterocycles. The Balaban J connectivity index is 3.34. The van der Waals surface area contributed by atoms with E-state index in [9.17, 15) is 14.9 Å². The molecule has 72 valence electrons. The van der Waals surface area contributed by atoms with Crippen molar-refractivity contribution >= 4 is 17.5 Å². The molecular weight excluding hydrogens is 182 g/mol. The summed E-state index contributed by atoms with van der Waals surface area (Å²) in [6, 6.07) is 4.42. The zero-order valence-corrected chi connectivity index (χ0v) is 7.69. The molecular formula is C10H9NO3. The third kappa shape index (κ3) is 1.85. The van der Waals surface area contributed by atoms with Crippen molar-refractivity contribution < 1.29 is 9.72 Å². The number of hydrogen-bond acceptors (Lipinski definition) is 3. The molecule has 1 rings (SSSR count). The summed E-state index contributed by atoms with van der Waals surface area (Å²) in [6.07, 6.45) is 0.473. The highest BCUT2D eigenvalue weighted by Crippen LogP contribution is 2.22. The number of carbonyl (C=O) groups is 1. The molecule has 0 spiro atoms. The number of rotatable bonds is 3. The molecule has 0 atom stereocenters. The van der Waals surface area contributed by atoms with E-state index in [0.717, 1.165) is 5.57 Å². The molecule has 4 heteroatoms. The van der Waals surface area contributed by atoms with E-state index < -0.39 is 4.92 Å². The van der Waals surface area contributed by atoms with Gasteiger partial charge in [0.25, 0.3) is 5.69 Å². The van der Waals surface area contributed by atoms with E-state index in [-0.39, 0.29) is 11.3 Å². The molecule has 0 amide bonds. The van der Waals surface area contributed by atoms with Crippen molar-refractivity contribution in [1.29, 1.82) is 0 Å². The van der Waals surface area contributed by atoms with Crippen LogP contribution >= 0.6 is 0 Å². The second-order valence-electron chi connectivity index (χ2n) is 2.93. The van der Waals surface area contributed by atoms with E-state index in [1.54, 1.807) is 13.0 Å². The second-order valence-corrected chi connectivity index (χ2v) is 2.93. The van der Waals surface area contributed by atoms with Crippen LogP contribution in [0.2, 0.25) is 0 Å². The number of aldehydes is 1. The van der Waals surface area contributed by atoms with E-state index in [2.05, 4.69) is 6.58 Å². The normalized spacial score (nSPS) is 9.50. The van der Waals surface area contributed by atoms with Crippen molar-refractivity contribution in [2.75, 3.05) is 0 Å². The maximum atomic E-state index is 10.6. The Morgan fingerprint density at radius 1 is 1.57 bits per heavy atom. The maximum absolute atomic E-state index is 10.6. The third-order valence-electron chi connectivity index (χ3n) is 1.85. The summed E-state index contributed by atoms with van der Waals surface area (Å²) < 4.78 is 0. The SMILES string of the molecule is C=C(C)c1ccc(C=O)c([N+](=O)[O-])c1. The summed E-state index contributed by atoms with van der Waals surface area (Å²) in [5.74, 6) is 0. The predicted octanol–water partition coefficient (Wildman–Crippen LogP) is 2.44. The van der Waals surface area contributed by atoms with Gasteiger partial charge in [-0.3, -0.25) is 14.9 Å². The number of hydrogen-bond donors (Lipinski definition) is 0. The summed E-state index contributed by atoms with van der Waals surface area (Å²) in [6.45, 7) is 5.42. The van der Waals surface area contributed by atoms with Gasteiger partial charge in [-0.2, -0.15) is 0 Å². The zero-order chi connectivity index (χ0) is 10.7. The fourth-order valence-electron chi connectivity index (χ4n) is 1.07. The Bertz CT molecular complexity index is 410. The van der Waals surface area contributed by atoms with Crippen LogP contribution in [0.15, 0.2) is 24.8 Å². The van der Waals surface area contributed by atoms with Crippen molar-refractivity contribution in [2.45, 2.75) is 6.92 Å². The number of nitro benzene ring substituents is 1. The van der Waals surface area contributed by atoms with Gasteiger partial charge in [0.1, 0.15) is 0 Å². The lowest BCUT2D eigenvalue weighted by Gasteiger charge is -2.00. The van der Waals surface area contributed by atoms with Gasteiger partial charge in [-0.15, -0.1) is 0 Å². The molecule has 0 bridgehead atoms. The van der Waals surface area contributed by atoms with Crippen LogP contribution in [-0.4, -0.2) is 11.2 Å². The first kappa shape index (κ1) is 10.1. The van der Waals surface area contributed by atoms with Crippen molar-refractivity contribution in [3.63, 3.8) is 0 Å². The first-order valence-electron chi connectivity index (χ1n) is 3.95. The molecule has 0 N–H and O–H groups in total. The van der Waals surface area contributed by atoms with E-state index in [1.165, 1.54) is 12.1 Å². The highest BCUT2D eigenvalue weighted by molar-refractivity contribution is 5.83. The Morgan fingerprint density at radius 3 is 2.64 bits per heavy atom. The maximum Gasteiger partial charge on any atom is 0.280 e. The Hall–Kier alpha value is -1.97. The molecule has 1 aromatic carbocycles. The molecule has 1 aromatic rings. The van der Waals surface area contributed by atoms with E-state index in [4.69, 9.17) is 0 Å². The number of nitro groups is 1. The van der Waals surface area contributed by atoms with Gasteiger partial charge in [-0.1, -0.05) is 18.2 Å². The lowest BCUT2D eigenvalue weighted by Crippen LogP contribution is -1.95. The summed E-state index contributed by atoms with van der Waals surface area (Å²) in [4.78, 5) is 20.5. The number of benzene rings is 1. The van der Waals surface area contributed by atoms with Gasteiger partial charge in [-0.05, 0) is 18.6 Å². The predicted molar refractivity (Wildman–Crippen MR) is 53.2 cm³/mol. The standard InChI is InChI=1S/C10H9NO3/c1-7(2)8-3-4-9(6-12)10(5-8)11(13)14/h3-6H,1H2,2H3. The molecule has 0 aromatic heterocycles. The Morgan fingerprint density at radius 2 is 2.21 bits per heavy atom. The minimum absolute atomic E-state index is 0.0833. The fourth-order valence-corrected chi connectivity index (χ4v) is 1.07. The van der Waals surface area contributed by atoms with Crippen LogP contribution in [0.25, 0.3) is 5.57 Å². The molecule has 0 aliphatic rings. The van der Waals surface area contributed by atoms with E-state index >= 15 is 0 Å². The fraction of sp³-hybridized carbons (Fsp3) is 0.100. The quantitative estimate of drug-likeness (QED) is 0.418. The lowest BCUT2D eigenvalue weighted by atomic mass is 10.1. The summed E-state index contributed by atoms with van der Waals surface area (Å²) in [7, 11) is 0. The minimum Gasteiger partial charge on any atom is -0.298 e. The summed E-state index contributed by atoms with van der Waals surface area (Å²) in [5, 5.41) is 10.6. The first-order valence-corrected chi connectivity index (χ1v) is 3.95. The van der Waals surface area contributed by atoms with Crippen LogP contribution in [0.3, 0.4) is 0 Å². The van der Waals surface area contributed by atoms with E-state index in [1.807, 2.05) is 0 Å². The van der Waals surface area contributed by atoms with Crippen molar-refractivity contribution in [1.82, 2.24) is 0 Å². The summed E-state index contributed by atoms with van der Waals surface area (Å²) in [5.41, 5.74) is 1.30. The van der Waals surface area contributed by atoms with Gasteiger partial charge in [0.2, 0.25) is 0 Å². The average Bonchev–Trinajstić information content (AvgIpc) is 2.16. The largest absolute Gasteiger partial charge is 0.298 e. The van der Waals surface area contributed by atoms with Gasteiger partial charge in [0.15, 0.2) is 6.29 Å². The van der Waals surface area contributed by atoms with Crippen molar-refractivity contribution in [2.24, 2.45) is 0 Å². The highest BCUT2D eigenvalue weighted by atomic mass is 16.6. The van der Waals surface area contributed by atoms with Crippen LogP contribution in [0.1, 0.15) is 22.8 Å². The van der Waals surface area contributed by atoms with Crippen LogP contribution < -0.4 is 0 Å². The average molecular weight is 191 g/mol. The topological polar surface area (TPSA) is 60.2 Å². The molecule has 0 unspecified atom stereocenters. The Labute approximate surface area is 81.0 Å². The van der Waals surface area contributed by atoms with E-state index in [0.29, 0.717) is 11.8 Å². The van der Waals surface area contributed by atoms with Gasteiger partial charge >= 0.3 is 0 Å². The zero-order valence-electron chi connectivity index (χ0n) is 7.69. The molecule has 4 nitrogen and oxygen atoms in total.